The van der Waals surface area contributed by atoms with Gasteiger partial charge in [0.2, 0.25) is 5.95 Å². The first-order valence-electron chi connectivity index (χ1n) is 10.7. The van der Waals surface area contributed by atoms with E-state index in [0.29, 0.717) is 36.6 Å². The third-order valence-electron chi connectivity index (χ3n) is 5.57. The van der Waals surface area contributed by atoms with Crippen molar-refractivity contribution in [1.82, 2.24) is 19.9 Å². The first-order chi connectivity index (χ1) is 16.7. The number of amidine groups is 1. The number of pyridine rings is 2. The third kappa shape index (κ3) is 4.18. The second-order valence-corrected chi connectivity index (χ2v) is 7.88. The van der Waals surface area contributed by atoms with Gasteiger partial charge >= 0.3 is 6.18 Å². The average Bonchev–Trinajstić information content (AvgIpc) is 3.34. The lowest BCUT2D eigenvalue weighted by atomic mass is 9.99. The zero-order valence-corrected chi connectivity index (χ0v) is 18.7. The topological polar surface area (TPSA) is 108 Å². The van der Waals surface area contributed by atoms with E-state index in [4.69, 9.17) is 0 Å². The highest BCUT2D eigenvalue weighted by molar-refractivity contribution is 6.35. The molecule has 0 saturated carbocycles. The Morgan fingerprint density at radius 2 is 1.97 bits per heavy atom. The maximum atomic E-state index is 13.0. The Kier molecular flexibility index (Phi) is 5.42. The van der Waals surface area contributed by atoms with Crippen molar-refractivity contribution >= 4 is 41.0 Å². The largest absolute Gasteiger partial charge is 0.416 e. The second kappa shape index (κ2) is 8.46. The number of nitrogens with one attached hydrogen (secondary N) is 2. The highest BCUT2D eigenvalue weighted by Gasteiger charge is 2.33. The summed E-state index contributed by atoms with van der Waals surface area (Å²) in [6.07, 6.45) is -0.0266. The van der Waals surface area contributed by atoms with Gasteiger partial charge in [0, 0.05) is 37.1 Å². The Morgan fingerprint density at radius 1 is 1.14 bits per heavy atom. The Balaban J connectivity index is 1.49. The van der Waals surface area contributed by atoms with E-state index in [1.165, 1.54) is 0 Å². The molecule has 0 aromatic carbocycles. The number of rotatable bonds is 4. The zero-order valence-electron chi connectivity index (χ0n) is 18.7. The molecule has 1 amide bonds. The van der Waals surface area contributed by atoms with Gasteiger partial charge in [0.25, 0.3) is 5.91 Å². The van der Waals surface area contributed by atoms with E-state index in [2.05, 4.69) is 35.6 Å². The molecule has 0 aliphatic carbocycles. The monoisotopic (exact) mass is 480 g/mol. The molecule has 3 aromatic heterocycles. The van der Waals surface area contributed by atoms with Crippen molar-refractivity contribution in [2.75, 3.05) is 35.7 Å². The smallest absolute Gasteiger partial charge is 0.357 e. The normalized spacial score (nSPS) is 14.6. The minimum atomic E-state index is -4.58. The van der Waals surface area contributed by atoms with Crippen molar-refractivity contribution in [3.63, 3.8) is 0 Å². The molecule has 3 aromatic rings. The molecule has 35 heavy (non-hydrogen) atoms. The number of amides is 1. The van der Waals surface area contributed by atoms with Crippen molar-refractivity contribution in [2.45, 2.75) is 13.1 Å². The van der Waals surface area contributed by atoms with Crippen LogP contribution in [0.1, 0.15) is 32.9 Å². The van der Waals surface area contributed by atoms with E-state index in [1.807, 2.05) is 17.9 Å². The maximum Gasteiger partial charge on any atom is 0.416 e. The second-order valence-electron chi connectivity index (χ2n) is 7.88. The molecule has 12 heteroatoms. The molecule has 5 heterocycles. The van der Waals surface area contributed by atoms with Crippen LogP contribution in [0.4, 0.5) is 30.8 Å². The average molecular weight is 480 g/mol. The number of aliphatic imine (C=N–C) groups is 1. The Morgan fingerprint density at radius 3 is 2.74 bits per heavy atom. The van der Waals surface area contributed by atoms with Gasteiger partial charge in [0.05, 0.1) is 17.8 Å². The van der Waals surface area contributed by atoms with Gasteiger partial charge in [-0.15, -0.1) is 0 Å². The summed E-state index contributed by atoms with van der Waals surface area (Å²) in [6.45, 7) is 3.11. The lowest BCUT2D eigenvalue weighted by molar-refractivity contribution is -0.137. The first-order valence-corrected chi connectivity index (χ1v) is 10.7. The summed E-state index contributed by atoms with van der Waals surface area (Å²) in [4.78, 5) is 36.4. The molecular formula is C23H19F3N8O. The molecule has 2 N–H and O–H groups in total. The quantitative estimate of drug-likeness (QED) is 0.587. The van der Waals surface area contributed by atoms with Crippen LogP contribution in [-0.2, 0) is 6.18 Å². The number of carbonyl (C=O) groups is 1. The van der Waals surface area contributed by atoms with E-state index in [-0.39, 0.29) is 11.5 Å². The van der Waals surface area contributed by atoms with Gasteiger partial charge < -0.3 is 15.5 Å². The van der Waals surface area contributed by atoms with Gasteiger partial charge in [-0.3, -0.25) is 14.8 Å². The van der Waals surface area contributed by atoms with Gasteiger partial charge in [-0.25, -0.2) is 9.97 Å². The number of fused-ring (bicyclic) bond motifs is 3. The van der Waals surface area contributed by atoms with Crippen LogP contribution in [0.15, 0.2) is 41.7 Å². The van der Waals surface area contributed by atoms with Crippen LogP contribution in [0.25, 0.3) is 11.6 Å². The van der Waals surface area contributed by atoms with E-state index < -0.39 is 17.6 Å². The fourth-order valence-electron chi connectivity index (χ4n) is 3.88. The number of carbonyl (C=O) groups excluding carboxylic acids is 1. The van der Waals surface area contributed by atoms with Crippen molar-refractivity contribution < 1.29 is 18.0 Å². The predicted molar refractivity (Wildman–Crippen MR) is 125 cm³/mol. The molecule has 0 spiro atoms. The van der Waals surface area contributed by atoms with Crippen LogP contribution in [0, 0.1) is 6.92 Å². The van der Waals surface area contributed by atoms with Crippen LogP contribution < -0.4 is 15.5 Å². The van der Waals surface area contributed by atoms with Gasteiger partial charge in [0.1, 0.15) is 23.2 Å². The molecule has 0 bridgehead atoms. The molecule has 2 aliphatic rings. The van der Waals surface area contributed by atoms with Crippen LogP contribution in [0.2, 0.25) is 0 Å². The number of anilines is 3. The standard InChI is InChI=1S/C23H19F3N8O/c1-12-3-4-17(32-21(35)16-10-14(5-6-28-16)23(24,25)26)31-18(12)15-9-13-11-30-22(27-2)33-19(13)34-8-7-29-20(15)34/h3-6,9-11H,7-8H2,1-2H3,(H,27,30,33)(H,31,32,35). The molecular weight excluding hydrogens is 461 g/mol. The summed E-state index contributed by atoms with van der Waals surface area (Å²) in [5.41, 5.74) is 1.62. The number of aromatic nitrogens is 4. The first kappa shape index (κ1) is 22.4. The van der Waals surface area contributed by atoms with E-state index >= 15 is 0 Å². The van der Waals surface area contributed by atoms with Gasteiger partial charge in [-0.2, -0.15) is 18.2 Å². The van der Waals surface area contributed by atoms with E-state index in [9.17, 15) is 18.0 Å². The van der Waals surface area contributed by atoms with E-state index in [0.717, 1.165) is 34.8 Å². The lowest BCUT2D eigenvalue weighted by Gasteiger charge is -2.27. The fraction of sp³-hybridized carbons (Fsp3) is 0.217. The minimum Gasteiger partial charge on any atom is -0.357 e. The summed E-state index contributed by atoms with van der Waals surface area (Å²) >= 11 is 0. The van der Waals surface area contributed by atoms with E-state index in [1.54, 1.807) is 25.4 Å². The van der Waals surface area contributed by atoms with Crippen LogP contribution >= 0.6 is 0 Å². The molecule has 0 unspecified atom stereocenters. The molecule has 5 rings (SSSR count). The lowest BCUT2D eigenvalue weighted by Crippen LogP contribution is -2.33. The SMILES string of the molecule is CNc1ncc2c(n1)N1CCN=C1C(c1nc(NC(=O)c3cc(C(F)(F)F)ccn3)ccc1C)=C2. The minimum absolute atomic E-state index is 0.174. The van der Waals surface area contributed by atoms with Crippen molar-refractivity contribution in [2.24, 2.45) is 4.99 Å². The van der Waals surface area contributed by atoms with Gasteiger partial charge in [0.15, 0.2) is 0 Å². The molecule has 9 nitrogen and oxygen atoms in total. The van der Waals surface area contributed by atoms with Gasteiger partial charge in [-0.1, -0.05) is 6.07 Å². The van der Waals surface area contributed by atoms with Crippen LogP contribution in [0.3, 0.4) is 0 Å². The van der Waals surface area contributed by atoms with Crippen LogP contribution in [-0.4, -0.2) is 51.8 Å². The zero-order chi connectivity index (χ0) is 24.7. The summed E-state index contributed by atoms with van der Waals surface area (Å²) in [7, 11) is 1.74. The van der Waals surface area contributed by atoms with Crippen molar-refractivity contribution in [1.29, 1.82) is 0 Å². The Hall–Kier alpha value is -4.35. The molecule has 0 radical (unpaired) electrons. The van der Waals surface area contributed by atoms with Crippen molar-refractivity contribution in [3.8, 4) is 0 Å². The molecule has 178 valence electrons. The predicted octanol–water partition coefficient (Wildman–Crippen LogP) is 3.66. The highest BCUT2D eigenvalue weighted by Crippen LogP contribution is 2.36. The summed E-state index contributed by atoms with van der Waals surface area (Å²) in [5, 5.41) is 5.47. The van der Waals surface area contributed by atoms with Crippen LogP contribution in [0.5, 0.6) is 0 Å². The Labute approximate surface area is 197 Å². The summed E-state index contributed by atoms with van der Waals surface area (Å²) in [5.74, 6) is 1.32. The maximum absolute atomic E-state index is 13.0. The number of hydrogen-bond acceptors (Lipinski definition) is 8. The fourth-order valence-corrected chi connectivity index (χ4v) is 3.88. The number of halogens is 3. The summed E-state index contributed by atoms with van der Waals surface area (Å²) < 4.78 is 39.0. The number of hydrogen-bond donors (Lipinski definition) is 2. The van der Waals surface area contributed by atoms with Gasteiger partial charge in [-0.05, 0) is 36.8 Å². The number of nitrogens with zero attached hydrogens (tertiary/aromatic N) is 6. The third-order valence-corrected chi connectivity index (χ3v) is 5.57. The Bertz CT molecular complexity index is 1400. The molecule has 0 fully saturated rings. The number of alkyl halides is 3. The molecule has 0 atom stereocenters. The van der Waals surface area contributed by atoms with Crippen molar-refractivity contribution in [3.05, 3.63) is 64.7 Å². The summed E-state index contributed by atoms with van der Waals surface area (Å²) in [6, 6.07) is 4.87. The molecule has 0 saturated heterocycles. The highest BCUT2D eigenvalue weighted by atomic mass is 19.4. The molecule has 2 aliphatic heterocycles. The number of aryl methyl sites for hydroxylation is 1.